The Morgan fingerprint density at radius 3 is 2.81 bits per heavy atom. The van der Waals surface area contributed by atoms with E-state index in [0.29, 0.717) is 29.9 Å². The fourth-order valence-corrected chi connectivity index (χ4v) is 2.21. The van der Waals surface area contributed by atoms with Crippen LogP contribution in [0.1, 0.15) is 42.6 Å². The van der Waals surface area contributed by atoms with Crippen molar-refractivity contribution in [3.05, 3.63) is 35.1 Å². The molecule has 0 bridgehead atoms. The van der Waals surface area contributed by atoms with Gasteiger partial charge in [-0.25, -0.2) is 4.39 Å². The Balaban J connectivity index is 1.96. The molecule has 21 heavy (non-hydrogen) atoms. The molecule has 1 amide bonds. The predicted molar refractivity (Wildman–Crippen MR) is 79.2 cm³/mol. The molecule has 1 atom stereocenters. The highest BCUT2D eigenvalue weighted by Gasteiger charge is 2.45. The average molecular weight is 289 g/mol. The third kappa shape index (κ3) is 4.05. The van der Waals surface area contributed by atoms with Gasteiger partial charge in [0.2, 0.25) is 0 Å². The van der Waals surface area contributed by atoms with Crippen LogP contribution in [0.5, 0.6) is 0 Å². The second kappa shape index (κ2) is 6.28. The largest absolute Gasteiger partial charge is 0.395 e. The van der Waals surface area contributed by atoms with Gasteiger partial charge in [-0.2, -0.15) is 0 Å². The van der Waals surface area contributed by atoms with E-state index in [9.17, 15) is 9.18 Å². The average Bonchev–Trinajstić information content (AvgIpc) is 3.05. The fourth-order valence-electron chi connectivity index (χ4n) is 2.21. The minimum absolute atomic E-state index is 0.0490. The van der Waals surface area contributed by atoms with Crippen LogP contribution in [0, 0.1) is 29.0 Å². The molecule has 112 valence electrons. The van der Waals surface area contributed by atoms with Gasteiger partial charge in [0.25, 0.3) is 5.91 Å². The normalized spacial score (nSPS) is 18.6. The third-order valence-electron chi connectivity index (χ3n) is 3.92. The first-order chi connectivity index (χ1) is 9.94. The summed E-state index contributed by atoms with van der Waals surface area (Å²) in [5, 5.41) is 11.5. The van der Waals surface area contributed by atoms with Crippen molar-refractivity contribution >= 4 is 5.91 Å². The highest BCUT2D eigenvalue weighted by molar-refractivity contribution is 5.94. The maximum atomic E-state index is 13.8. The molecule has 2 rings (SSSR count). The van der Waals surface area contributed by atoms with Gasteiger partial charge in [0.1, 0.15) is 5.82 Å². The van der Waals surface area contributed by atoms with E-state index in [4.69, 9.17) is 5.11 Å². The molecule has 1 aliphatic rings. The van der Waals surface area contributed by atoms with Gasteiger partial charge in [-0.05, 0) is 36.0 Å². The minimum atomic E-state index is -0.514. The molecule has 4 heteroatoms. The van der Waals surface area contributed by atoms with Crippen molar-refractivity contribution in [2.24, 2.45) is 11.3 Å². The van der Waals surface area contributed by atoms with E-state index in [2.05, 4.69) is 31.0 Å². The fraction of sp³-hybridized carbons (Fsp3) is 0.471. The van der Waals surface area contributed by atoms with Gasteiger partial charge >= 0.3 is 0 Å². The van der Waals surface area contributed by atoms with Crippen LogP contribution < -0.4 is 5.32 Å². The van der Waals surface area contributed by atoms with E-state index in [1.165, 1.54) is 12.1 Å². The summed E-state index contributed by atoms with van der Waals surface area (Å²) in [6, 6.07) is 4.27. The Kier molecular flexibility index (Phi) is 4.64. The van der Waals surface area contributed by atoms with Gasteiger partial charge in [-0.3, -0.25) is 4.79 Å². The second-order valence-corrected chi connectivity index (χ2v) is 6.07. The molecule has 1 unspecified atom stereocenters. The number of carbonyl (C=O) groups is 1. The summed E-state index contributed by atoms with van der Waals surface area (Å²) in [7, 11) is 0. The molecule has 1 aromatic rings. The lowest BCUT2D eigenvalue weighted by Gasteiger charge is -2.07. The zero-order valence-electron chi connectivity index (χ0n) is 12.4. The highest BCUT2D eigenvalue weighted by atomic mass is 19.1. The van der Waals surface area contributed by atoms with Gasteiger partial charge in [-0.15, -0.1) is 0 Å². The lowest BCUT2D eigenvalue weighted by molar-refractivity contribution is 0.0950. The topological polar surface area (TPSA) is 49.3 Å². The van der Waals surface area contributed by atoms with E-state index in [-0.39, 0.29) is 18.1 Å². The first-order valence-corrected chi connectivity index (χ1v) is 7.11. The van der Waals surface area contributed by atoms with Crippen LogP contribution in [0.25, 0.3) is 0 Å². The standard InChI is InChI=1S/C17H20FNO2/c1-17(2)10-14(17)11-19-16(21)13-7-6-12(15(18)9-13)5-3-4-8-20/h6-7,9,14,20H,4,8,10-11H2,1-2H3,(H,19,21). The molecule has 0 spiro atoms. The van der Waals surface area contributed by atoms with Crippen LogP contribution in [-0.4, -0.2) is 24.2 Å². The number of nitrogens with one attached hydrogen (secondary N) is 1. The molecule has 0 aliphatic heterocycles. The van der Waals surface area contributed by atoms with Crippen molar-refractivity contribution in [3.8, 4) is 11.8 Å². The lowest BCUT2D eigenvalue weighted by atomic mass is 10.1. The first kappa shape index (κ1) is 15.5. The number of hydrogen-bond acceptors (Lipinski definition) is 2. The van der Waals surface area contributed by atoms with Gasteiger partial charge in [0.05, 0.1) is 12.2 Å². The van der Waals surface area contributed by atoms with Gasteiger partial charge < -0.3 is 10.4 Å². The summed E-state index contributed by atoms with van der Waals surface area (Å²) in [5.41, 5.74) is 0.854. The van der Waals surface area contributed by atoms with Crippen molar-refractivity contribution in [2.75, 3.05) is 13.2 Å². The molecule has 1 aromatic carbocycles. The summed E-state index contributed by atoms with van der Waals surface area (Å²) in [6.07, 6.45) is 1.42. The van der Waals surface area contributed by atoms with Gasteiger partial charge in [0, 0.05) is 18.5 Å². The minimum Gasteiger partial charge on any atom is -0.395 e. The molecule has 0 saturated heterocycles. The van der Waals surface area contributed by atoms with Crippen molar-refractivity contribution in [1.82, 2.24) is 5.32 Å². The lowest BCUT2D eigenvalue weighted by Crippen LogP contribution is -2.26. The van der Waals surface area contributed by atoms with E-state index in [1.54, 1.807) is 6.07 Å². The van der Waals surface area contributed by atoms with Crippen LogP contribution >= 0.6 is 0 Å². The van der Waals surface area contributed by atoms with Gasteiger partial charge in [-0.1, -0.05) is 25.7 Å². The number of carbonyl (C=O) groups excluding carboxylic acids is 1. The number of aliphatic hydroxyl groups excluding tert-OH is 1. The van der Waals surface area contributed by atoms with E-state index in [1.807, 2.05) is 0 Å². The van der Waals surface area contributed by atoms with Crippen LogP contribution in [0.4, 0.5) is 4.39 Å². The predicted octanol–water partition coefficient (Wildman–Crippen LogP) is 2.34. The summed E-state index contributed by atoms with van der Waals surface area (Å²) < 4.78 is 13.8. The second-order valence-electron chi connectivity index (χ2n) is 6.07. The summed E-state index contributed by atoms with van der Waals surface area (Å²) in [5.74, 6) is 5.03. The van der Waals surface area contributed by atoms with Crippen LogP contribution in [0.15, 0.2) is 18.2 Å². The van der Waals surface area contributed by atoms with Crippen LogP contribution in [0.3, 0.4) is 0 Å². The number of amides is 1. The monoisotopic (exact) mass is 289 g/mol. The van der Waals surface area contributed by atoms with Crippen LogP contribution in [0.2, 0.25) is 0 Å². The van der Waals surface area contributed by atoms with E-state index < -0.39 is 5.82 Å². The molecule has 2 N–H and O–H groups in total. The zero-order chi connectivity index (χ0) is 15.5. The van der Waals surface area contributed by atoms with Crippen LogP contribution in [-0.2, 0) is 0 Å². The Labute approximate surface area is 124 Å². The molecular weight excluding hydrogens is 269 g/mol. The maximum absolute atomic E-state index is 13.8. The number of benzene rings is 1. The Morgan fingerprint density at radius 1 is 1.52 bits per heavy atom. The molecule has 1 aliphatic carbocycles. The van der Waals surface area contributed by atoms with Crippen molar-refractivity contribution in [2.45, 2.75) is 26.7 Å². The molecule has 0 radical (unpaired) electrons. The Hall–Kier alpha value is -1.86. The molecule has 1 fully saturated rings. The quantitative estimate of drug-likeness (QED) is 0.836. The summed E-state index contributed by atoms with van der Waals surface area (Å²) in [6.45, 7) is 4.92. The molecule has 0 aromatic heterocycles. The number of halogens is 1. The molecular formula is C17H20FNO2. The SMILES string of the molecule is CC1(C)CC1CNC(=O)c1ccc(C#CCCO)c(F)c1. The number of aliphatic hydroxyl groups is 1. The summed E-state index contributed by atoms with van der Waals surface area (Å²) >= 11 is 0. The zero-order valence-corrected chi connectivity index (χ0v) is 12.4. The Morgan fingerprint density at radius 2 is 2.24 bits per heavy atom. The van der Waals surface area contributed by atoms with E-state index in [0.717, 1.165) is 6.42 Å². The third-order valence-corrected chi connectivity index (χ3v) is 3.92. The molecule has 0 heterocycles. The Bertz CT molecular complexity index is 599. The highest BCUT2D eigenvalue weighted by Crippen LogP contribution is 2.50. The van der Waals surface area contributed by atoms with E-state index >= 15 is 0 Å². The smallest absolute Gasteiger partial charge is 0.251 e. The maximum Gasteiger partial charge on any atom is 0.251 e. The van der Waals surface area contributed by atoms with Crippen molar-refractivity contribution < 1.29 is 14.3 Å². The van der Waals surface area contributed by atoms with Gasteiger partial charge in [0.15, 0.2) is 0 Å². The molecule has 1 saturated carbocycles. The van der Waals surface area contributed by atoms with Crippen molar-refractivity contribution in [3.63, 3.8) is 0 Å². The first-order valence-electron chi connectivity index (χ1n) is 7.11. The van der Waals surface area contributed by atoms with Crippen molar-refractivity contribution in [1.29, 1.82) is 0 Å². The number of hydrogen-bond donors (Lipinski definition) is 2. The molecule has 3 nitrogen and oxygen atoms in total. The summed E-state index contributed by atoms with van der Waals surface area (Å²) in [4.78, 5) is 12.0. The number of rotatable bonds is 4.